The van der Waals surface area contributed by atoms with Crippen LogP contribution in [-0.4, -0.2) is 16.0 Å². The average Bonchev–Trinajstić information content (AvgIpc) is 2.09. The second-order valence-corrected chi connectivity index (χ2v) is 2.15. The first-order valence-corrected chi connectivity index (χ1v) is 3.74. The molecule has 5 heteroatoms. The van der Waals surface area contributed by atoms with Crippen molar-refractivity contribution in [3.63, 3.8) is 0 Å². The van der Waals surface area contributed by atoms with E-state index in [-0.39, 0.29) is 23.1 Å². The Hall–Kier alpha value is -1.41. The molecule has 1 heterocycles. The molecule has 0 saturated heterocycles. The summed E-state index contributed by atoms with van der Waals surface area (Å²) in [6.45, 7) is 0. The van der Waals surface area contributed by atoms with Crippen molar-refractivity contribution in [3.05, 3.63) is 18.0 Å². The SMILES string of the molecule is N#Cc1nccc(OCS)c1O. The molecule has 1 aromatic rings. The van der Waals surface area contributed by atoms with Gasteiger partial charge < -0.3 is 9.84 Å². The van der Waals surface area contributed by atoms with Gasteiger partial charge in [-0.15, -0.1) is 12.6 Å². The Morgan fingerprint density at radius 1 is 1.75 bits per heavy atom. The molecule has 0 spiro atoms. The molecule has 0 amide bonds. The fourth-order valence-corrected chi connectivity index (χ4v) is 0.843. The van der Waals surface area contributed by atoms with E-state index < -0.39 is 0 Å². The zero-order valence-electron chi connectivity index (χ0n) is 6.06. The molecule has 4 nitrogen and oxygen atoms in total. The van der Waals surface area contributed by atoms with Gasteiger partial charge in [0.25, 0.3) is 0 Å². The lowest BCUT2D eigenvalue weighted by molar-refractivity contribution is 0.357. The quantitative estimate of drug-likeness (QED) is 0.527. The molecule has 0 atom stereocenters. The zero-order chi connectivity index (χ0) is 8.97. The highest BCUT2D eigenvalue weighted by Gasteiger charge is 2.07. The molecule has 0 unspecified atom stereocenters. The van der Waals surface area contributed by atoms with Gasteiger partial charge in [-0.05, 0) is 0 Å². The van der Waals surface area contributed by atoms with E-state index in [4.69, 9.17) is 10.00 Å². The summed E-state index contributed by atoms with van der Waals surface area (Å²) < 4.78 is 4.90. The Morgan fingerprint density at radius 3 is 3.08 bits per heavy atom. The van der Waals surface area contributed by atoms with Crippen molar-refractivity contribution in [1.29, 1.82) is 5.26 Å². The maximum Gasteiger partial charge on any atom is 0.195 e. The van der Waals surface area contributed by atoms with Crippen LogP contribution in [0.5, 0.6) is 11.5 Å². The number of nitriles is 1. The summed E-state index contributed by atoms with van der Waals surface area (Å²) in [4.78, 5) is 3.62. The van der Waals surface area contributed by atoms with Crippen molar-refractivity contribution in [2.24, 2.45) is 0 Å². The van der Waals surface area contributed by atoms with E-state index in [0.29, 0.717) is 0 Å². The van der Waals surface area contributed by atoms with Gasteiger partial charge in [-0.1, -0.05) is 0 Å². The van der Waals surface area contributed by atoms with E-state index in [1.54, 1.807) is 6.07 Å². The van der Waals surface area contributed by atoms with Crippen molar-refractivity contribution >= 4 is 12.6 Å². The number of hydrogen-bond donors (Lipinski definition) is 2. The van der Waals surface area contributed by atoms with Crippen LogP contribution in [0.3, 0.4) is 0 Å². The predicted molar refractivity (Wildman–Crippen MR) is 45.1 cm³/mol. The van der Waals surface area contributed by atoms with Gasteiger partial charge in [0.1, 0.15) is 12.0 Å². The molecular weight excluding hydrogens is 176 g/mol. The monoisotopic (exact) mass is 182 g/mol. The number of ether oxygens (including phenoxy) is 1. The predicted octanol–water partition coefficient (Wildman–Crippen LogP) is 0.925. The lowest BCUT2D eigenvalue weighted by Gasteiger charge is -2.03. The molecule has 0 fully saturated rings. The number of nitrogens with zero attached hydrogens (tertiary/aromatic N) is 2. The minimum absolute atomic E-state index is 0.0470. The number of rotatable bonds is 2. The first kappa shape index (κ1) is 8.68. The van der Waals surface area contributed by atoms with E-state index >= 15 is 0 Å². The van der Waals surface area contributed by atoms with Crippen LogP contribution in [0.1, 0.15) is 5.69 Å². The molecule has 0 aliphatic rings. The van der Waals surface area contributed by atoms with Gasteiger partial charge in [0.2, 0.25) is 0 Å². The molecule has 12 heavy (non-hydrogen) atoms. The van der Waals surface area contributed by atoms with Gasteiger partial charge in [0, 0.05) is 12.3 Å². The summed E-state index contributed by atoms with van der Waals surface area (Å²) in [6, 6.07) is 3.19. The minimum atomic E-state index is -0.242. The zero-order valence-corrected chi connectivity index (χ0v) is 6.95. The highest BCUT2D eigenvalue weighted by Crippen LogP contribution is 2.27. The summed E-state index contributed by atoms with van der Waals surface area (Å²) in [7, 11) is 0. The van der Waals surface area contributed by atoms with Crippen molar-refractivity contribution in [3.8, 4) is 17.6 Å². The molecular formula is C7H6N2O2S. The summed E-state index contributed by atoms with van der Waals surface area (Å²) in [5.74, 6) is 0.119. The molecule has 0 bridgehead atoms. The van der Waals surface area contributed by atoms with Crippen LogP contribution >= 0.6 is 12.6 Å². The van der Waals surface area contributed by atoms with Crippen LogP contribution in [-0.2, 0) is 0 Å². The van der Waals surface area contributed by atoms with Crippen LogP contribution < -0.4 is 4.74 Å². The average molecular weight is 182 g/mol. The third-order valence-electron chi connectivity index (χ3n) is 1.21. The van der Waals surface area contributed by atoms with Crippen LogP contribution in [0, 0.1) is 11.3 Å². The first-order chi connectivity index (χ1) is 5.79. The van der Waals surface area contributed by atoms with Gasteiger partial charge in [-0.2, -0.15) is 5.26 Å². The smallest absolute Gasteiger partial charge is 0.195 e. The third kappa shape index (κ3) is 1.60. The number of pyridine rings is 1. The number of thiol groups is 1. The fourth-order valence-electron chi connectivity index (χ4n) is 0.704. The lowest BCUT2D eigenvalue weighted by atomic mass is 10.3. The minimum Gasteiger partial charge on any atom is -0.502 e. The molecule has 1 N–H and O–H groups in total. The second kappa shape index (κ2) is 3.83. The number of aromatic hydroxyl groups is 1. The molecule has 0 saturated carbocycles. The van der Waals surface area contributed by atoms with E-state index in [2.05, 4.69) is 17.6 Å². The largest absolute Gasteiger partial charge is 0.502 e. The molecule has 1 rings (SSSR count). The summed E-state index contributed by atoms with van der Waals surface area (Å²) >= 11 is 3.81. The van der Waals surface area contributed by atoms with Crippen molar-refractivity contribution in [2.45, 2.75) is 0 Å². The Kier molecular flexibility index (Phi) is 2.77. The van der Waals surface area contributed by atoms with Gasteiger partial charge in [-0.25, -0.2) is 4.98 Å². The highest BCUT2D eigenvalue weighted by molar-refractivity contribution is 7.80. The summed E-state index contributed by atoms with van der Waals surface area (Å²) in [5.41, 5.74) is -0.0470. The van der Waals surface area contributed by atoms with Gasteiger partial charge in [0.15, 0.2) is 17.2 Å². The van der Waals surface area contributed by atoms with Crippen LogP contribution in [0.2, 0.25) is 0 Å². The Balaban J connectivity index is 3.07. The first-order valence-electron chi connectivity index (χ1n) is 3.11. The molecule has 0 aromatic carbocycles. The van der Waals surface area contributed by atoms with Crippen molar-refractivity contribution in [1.82, 2.24) is 4.98 Å². The van der Waals surface area contributed by atoms with E-state index in [9.17, 15) is 5.11 Å². The van der Waals surface area contributed by atoms with Crippen LogP contribution in [0.25, 0.3) is 0 Å². The Labute approximate surface area is 74.8 Å². The maximum atomic E-state index is 9.28. The topological polar surface area (TPSA) is 66.1 Å². The summed E-state index contributed by atoms with van der Waals surface area (Å²) in [5, 5.41) is 17.7. The molecule has 0 aliphatic carbocycles. The van der Waals surface area contributed by atoms with E-state index in [1.165, 1.54) is 12.3 Å². The van der Waals surface area contributed by atoms with Crippen molar-refractivity contribution < 1.29 is 9.84 Å². The van der Waals surface area contributed by atoms with E-state index in [1.807, 2.05) is 0 Å². The normalized spacial score (nSPS) is 9.00. The van der Waals surface area contributed by atoms with Crippen LogP contribution in [0.4, 0.5) is 0 Å². The molecule has 1 aromatic heterocycles. The molecule has 62 valence electrons. The third-order valence-corrected chi connectivity index (χ3v) is 1.34. The number of aromatic nitrogens is 1. The Bertz CT molecular complexity index is 322. The lowest BCUT2D eigenvalue weighted by Crippen LogP contribution is -1.92. The second-order valence-electron chi connectivity index (χ2n) is 1.89. The van der Waals surface area contributed by atoms with Gasteiger partial charge in [0.05, 0.1) is 0 Å². The van der Waals surface area contributed by atoms with Gasteiger partial charge in [-0.3, -0.25) is 0 Å². The fraction of sp³-hybridized carbons (Fsp3) is 0.143. The van der Waals surface area contributed by atoms with E-state index in [0.717, 1.165) is 0 Å². The maximum absolute atomic E-state index is 9.28. The van der Waals surface area contributed by atoms with Crippen molar-refractivity contribution in [2.75, 3.05) is 5.94 Å². The Morgan fingerprint density at radius 2 is 2.50 bits per heavy atom. The highest BCUT2D eigenvalue weighted by atomic mass is 32.1. The van der Waals surface area contributed by atoms with Crippen LogP contribution in [0.15, 0.2) is 12.3 Å². The number of hydrogen-bond acceptors (Lipinski definition) is 5. The standard InChI is InChI=1S/C7H6N2O2S/c8-3-5-7(10)6(11-4-12)1-2-9-5/h1-2,10,12H,4H2. The summed E-state index contributed by atoms with van der Waals surface area (Å²) in [6.07, 6.45) is 1.39. The molecule has 0 radical (unpaired) electrons. The van der Waals surface area contributed by atoms with Gasteiger partial charge >= 0.3 is 0 Å². The molecule has 0 aliphatic heterocycles.